The van der Waals surface area contributed by atoms with Crippen LogP contribution in [0.5, 0.6) is 11.5 Å². The number of phenolic OH excluding ortho intramolecular Hbond substituents is 1. The highest BCUT2D eigenvalue weighted by Gasteiger charge is 2.14. The molecule has 3 rings (SSSR count). The van der Waals surface area contributed by atoms with Crippen LogP contribution in [0.15, 0.2) is 65.8 Å². The van der Waals surface area contributed by atoms with Crippen molar-refractivity contribution in [1.82, 2.24) is 5.43 Å². The number of anilines is 1. The number of carbonyl (C=O) groups excluding carboxylic acids is 1. The number of aromatic hydroxyl groups is 1. The summed E-state index contributed by atoms with van der Waals surface area (Å²) in [6, 6.07) is 17.9. The van der Waals surface area contributed by atoms with Crippen LogP contribution in [0.3, 0.4) is 0 Å². The van der Waals surface area contributed by atoms with Crippen LogP contribution in [0.2, 0.25) is 0 Å². The predicted molar refractivity (Wildman–Crippen MR) is 107 cm³/mol. The molecular formula is C21H21N3O3. The van der Waals surface area contributed by atoms with Crippen molar-refractivity contribution >= 4 is 28.6 Å². The van der Waals surface area contributed by atoms with E-state index in [1.165, 1.54) is 6.21 Å². The van der Waals surface area contributed by atoms with E-state index in [0.717, 1.165) is 16.5 Å². The highest BCUT2D eigenvalue weighted by Crippen LogP contribution is 2.25. The van der Waals surface area contributed by atoms with Gasteiger partial charge >= 0.3 is 0 Å². The zero-order valence-corrected chi connectivity index (χ0v) is 15.1. The van der Waals surface area contributed by atoms with Crippen LogP contribution in [-0.4, -0.2) is 30.4 Å². The topological polar surface area (TPSA) is 83.0 Å². The fraction of sp³-hybridized carbons (Fsp3) is 0.143. The second-order valence-electron chi connectivity index (χ2n) is 6.02. The molecule has 0 saturated heterocycles. The molecule has 3 aromatic carbocycles. The van der Waals surface area contributed by atoms with Gasteiger partial charge in [-0.05, 0) is 35.9 Å². The number of ether oxygens (including phenoxy) is 1. The number of benzene rings is 3. The second kappa shape index (κ2) is 8.23. The minimum Gasteiger partial charge on any atom is -0.507 e. The molecule has 0 spiro atoms. The normalized spacial score (nSPS) is 12.1. The van der Waals surface area contributed by atoms with E-state index < -0.39 is 6.04 Å². The smallest absolute Gasteiger partial charge is 0.262 e. The molecule has 0 fully saturated rings. The Morgan fingerprint density at radius 1 is 1.11 bits per heavy atom. The SMILES string of the molecule is COc1ccccc1N[C@H](C)C(=O)N/N=C\c1c(O)ccc2ccccc12. The van der Waals surface area contributed by atoms with E-state index >= 15 is 0 Å². The highest BCUT2D eigenvalue weighted by molar-refractivity contribution is 6.02. The summed E-state index contributed by atoms with van der Waals surface area (Å²) in [5.41, 5.74) is 3.77. The third kappa shape index (κ3) is 4.17. The molecule has 0 aliphatic rings. The lowest BCUT2D eigenvalue weighted by Crippen LogP contribution is -2.35. The van der Waals surface area contributed by atoms with Crippen molar-refractivity contribution in [2.45, 2.75) is 13.0 Å². The minimum atomic E-state index is -0.528. The van der Waals surface area contributed by atoms with Gasteiger partial charge in [-0.3, -0.25) is 4.79 Å². The number of phenols is 1. The summed E-state index contributed by atoms with van der Waals surface area (Å²) >= 11 is 0. The van der Waals surface area contributed by atoms with Crippen molar-refractivity contribution in [3.63, 3.8) is 0 Å². The summed E-state index contributed by atoms with van der Waals surface area (Å²) in [5, 5.41) is 19.0. The van der Waals surface area contributed by atoms with Crippen LogP contribution in [0.4, 0.5) is 5.69 Å². The molecule has 6 heteroatoms. The maximum atomic E-state index is 12.3. The molecule has 27 heavy (non-hydrogen) atoms. The molecule has 6 nitrogen and oxygen atoms in total. The van der Waals surface area contributed by atoms with Crippen molar-refractivity contribution in [2.24, 2.45) is 5.10 Å². The first kappa shape index (κ1) is 18.3. The number of rotatable bonds is 6. The summed E-state index contributed by atoms with van der Waals surface area (Å²) in [7, 11) is 1.58. The van der Waals surface area contributed by atoms with E-state index in [2.05, 4.69) is 15.8 Å². The number of hydrogen-bond donors (Lipinski definition) is 3. The maximum Gasteiger partial charge on any atom is 0.262 e. The molecule has 1 atom stereocenters. The van der Waals surface area contributed by atoms with Gasteiger partial charge in [0.05, 0.1) is 19.0 Å². The van der Waals surface area contributed by atoms with Crippen LogP contribution >= 0.6 is 0 Å². The van der Waals surface area contributed by atoms with Crippen molar-refractivity contribution in [2.75, 3.05) is 12.4 Å². The molecule has 0 aliphatic heterocycles. The number of methoxy groups -OCH3 is 1. The van der Waals surface area contributed by atoms with Gasteiger partial charge in [0.2, 0.25) is 0 Å². The number of nitrogens with one attached hydrogen (secondary N) is 2. The number of para-hydroxylation sites is 2. The molecule has 0 saturated carbocycles. The number of fused-ring (bicyclic) bond motifs is 1. The molecule has 0 radical (unpaired) electrons. The largest absolute Gasteiger partial charge is 0.507 e. The Morgan fingerprint density at radius 2 is 1.85 bits per heavy atom. The van der Waals surface area contributed by atoms with Crippen LogP contribution < -0.4 is 15.5 Å². The molecule has 0 unspecified atom stereocenters. The second-order valence-corrected chi connectivity index (χ2v) is 6.02. The lowest BCUT2D eigenvalue weighted by Gasteiger charge is -2.15. The quantitative estimate of drug-likeness (QED) is 0.462. The van der Waals surface area contributed by atoms with E-state index in [1.54, 1.807) is 20.1 Å². The van der Waals surface area contributed by atoms with Gasteiger partial charge in [0.25, 0.3) is 5.91 Å². The zero-order valence-electron chi connectivity index (χ0n) is 15.1. The molecule has 0 heterocycles. The van der Waals surface area contributed by atoms with Gasteiger partial charge in [-0.1, -0.05) is 42.5 Å². The molecule has 138 valence electrons. The summed E-state index contributed by atoms with van der Waals surface area (Å²) in [6.07, 6.45) is 1.45. The summed E-state index contributed by atoms with van der Waals surface area (Å²) in [4.78, 5) is 12.3. The van der Waals surface area contributed by atoms with Gasteiger partial charge in [-0.15, -0.1) is 0 Å². The first-order chi connectivity index (χ1) is 13.1. The molecular weight excluding hydrogens is 342 g/mol. The third-order valence-corrected chi connectivity index (χ3v) is 4.19. The number of carbonyl (C=O) groups is 1. The van der Waals surface area contributed by atoms with E-state index in [-0.39, 0.29) is 11.7 Å². The van der Waals surface area contributed by atoms with E-state index in [0.29, 0.717) is 11.3 Å². The van der Waals surface area contributed by atoms with Crippen molar-refractivity contribution < 1.29 is 14.6 Å². The number of hydrogen-bond acceptors (Lipinski definition) is 5. The lowest BCUT2D eigenvalue weighted by molar-refractivity contribution is -0.121. The Labute approximate surface area is 157 Å². The van der Waals surface area contributed by atoms with Gasteiger partial charge in [0.1, 0.15) is 17.5 Å². The first-order valence-electron chi connectivity index (χ1n) is 8.53. The van der Waals surface area contributed by atoms with E-state index in [4.69, 9.17) is 4.74 Å². The third-order valence-electron chi connectivity index (χ3n) is 4.19. The van der Waals surface area contributed by atoms with Gasteiger partial charge in [0, 0.05) is 5.56 Å². The monoisotopic (exact) mass is 363 g/mol. The number of hydrazone groups is 1. The van der Waals surface area contributed by atoms with Crippen LogP contribution in [0.1, 0.15) is 12.5 Å². The average molecular weight is 363 g/mol. The molecule has 0 aromatic heterocycles. The summed E-state index contributed by atoms with van der Waals surface area (Å²) in [5.74, 6) is 0.449. The van der Waals surface area contributed by atoms with Gasteiger partial charge < -0.3 is 15.2 Å². The van der Waals surface area contributed by atoms with E-state index in [9.17, 15) is 9.90 Å². The Kier molecular flexibility index (Phi) is 5.56. The van der Waals surface area contributed by atoms with Crippen molar-refractivity contribution in [3.8, 4) is 11.5 Å². The first-order valence-corrected chi connectivity index (χ1v) is 8.53. The Bertz CT molecular complexity index is 985. The molecule has 1 amide bonds. The fourth-order valence-corrected chi connectivity index (χ4v) is 2.74. The molecule has 3 aromatic rings. The van der Waals surface area contributed by atoms with Crippen LogP contribution in [-0.2, 0) is 4.79 Å². The van der Waals surface area contributed by atoms with Crippen molar-refractivity contribution in [3.05, 3.63) is 66.2 Å². The predicted octanol–water partition coefficient (Wildman–Crippen LogP) is 3.50. The van der Waals surface area contributed by atoms with Crippen molar-refractivity contribution in [1.29, 1.82) is 0 Å². The molecule has 3 N–H and O–H groups in total. The number of amides is 1. The Morgan fingerprint density at radius 3 is 2.67 bits per heavy atom. The minimum absolute atomic E-state index is 0.104. The molecule has 0 aliphatic carbocycles. The molecule has 0 bridgehead atoms. The van der Waals surface area contributed by atoms with Gasteiger partial charge in [0.15, 0.2) is 0 Å². The summed E-state index contributed by atoms with van der Waals surface area (Å²) < 4.78 is 5.27. The Hall–Kier alpha value is -3.54. The lowest BCUT2D eigenvalue weighted by atomic mass is 10.0. The Balaban J connectivity index is 1.69. The van der Waals surface area contributed by atoms with Gasteiger partial charge in [-0.25, -0.2) is 5.43 Å². The van der Waals surface area contributed by atoms with Crippen LogP contribution in [0, 0.1) is 0 Å². The van der Waals surface area contributed by atoms with Gasteiger partial charge in [-0.2, -0.15) is 5.10 Å². The maximum absolute atomic E-state index is 12.3. The zero-order chi connectivity index (χ0) is 19.2. The van der Waals surface area contributed by atoms with E-state index in [1.807, 2.05) is 54.6 Å². The average Bonchev–Trinajstić information content (AvgIpc) is 2.69. The highest BCUT2D eigenvalue weighted by atomic mass is 16.5. The fourth-order valence-electron chi connectivity index (χ4n) is 2.74. The van der Waals surface area contributed by atoms with Crippen LogP contribution in [0.25, 0.3) is 10.8 Å². The standard InChI is InChI=1S/C21H21N3O3/c1-14(23-18-9-5-6-10-20(18)27-2)21(26)24-22-13-17-16-8-4-3-7-15(16)11-12-19(17)25/h3-14,23,25H,1-2H3,(H,24,26)/b22-13-/t14-/m1/s1. The number of nitrogens with zero attached hydrogens (tertiary/aromatic N) is 1. The summed E-state index contributed by atoms with van der Waals surface area (Å²) in [6.45, 7) is 1.73.